The molecule has 10 nitrogen and oxygen atoms in total. The summed E-state index contributed by atoms with van der Waals surface area (Å²) in [5.41, 5.74) is 1.72. The normalized spacial score (nSPS) is 14.8. The minimum atomic E-state index is -0.489. The van der Waals surface area contributed by atoms with E-state index in [0.29, 0.717) is 41.6 Å². The van der Waals surface area contributed by atoms with E-state index in [4.69, 9.17) is 16.3 Å². The molecule has 0 bridgehead atoms. The lowest BCUT2D eigenvalue weighted by atomic mass is 10.3. The summed E-state index contributed by atoms with van der Waals surface area (Å²) in [6.45, 7) is 5.54. The molecule has 34 heavy (non-hydrogen) atoms. The number of methoxy groups -OCH3 is 1. The Hall–Kier alpha value is -3.15. The van der Waals surface area contributed by atoms with Crippen LogP contribution in [0.2, 0.25) is 5.02 Å². The number of ether oxygens (including phenoxy) is 1. The van der Waals surface area contributed by atoms with Gasteiger partial charge in [-0.25, -0.2) is 24.3 Å². The number of hydrogen-bond donors (Lipinski definition) is 2. The summed E-state index contributed by atoms with van der Waals surface area (Å²) in [6.07, 6.45) is 3.97. The number of nitrogens with one attached hydrogen (secondary N) is 2. The number of esters is 1. The molecular formula is C22H26ClFN8O2. The van der Waals surface area contributed by atoms with Gasteiger partial charge in [0.05, 0.1) is 24.9 Å². The van der Waals surface area contributed by atoms with Crippen LogP contribution in [0.4, 0.5) is 21.8 Å². The quantitative estimate of drug-likeness (QED) is 0.344. The van der Waals surface area contributed by atoms with E-state index in [1.807, 2.05) is 0 Å². The molecule has 0 unspecified atom stereocenters. The lowest BCUT2D eigenvalue weighted by molar-refractivity contribution is -0.142. The molecule has 0 spiro atoms. The fraction of sp³-hybridized carbons (Fsp3) is 0.409. The third-order valence-electron chi connectivity index (χ3n) is 5.54. The molecule has 0 radical (unpaired) electrons. The van der Waals surface area contributed by atoms with Gasteiger partial charge in [-0.3, -0.25) is 9.69 Å². The number of rotatable bonds is 9. The fourth-order valence-electron chi connectivity index (χ4n) is 3.66. The third kappa shape index (κ3) is 6.25. The van der Waals surface area contributed by atoms with Gasteiger partial charge < -0.3 is 20.3 Å². The van der Waals surface area contributed by atoms with Gasteiger partial charge in [0.1, 0.15) is 23.2 Å². The Bertz CT molecular complexity index is 1140. The molecule has 0 aliphatic carbocycles. The second-order valence-electron chi connectivity index (χ2n) is 7.88. The predicted molar refractivity (Wildman–Crippen MR) is 128 cm³/mol. The van der Waals surface area contributed by atoms with Gasteiger partial charge in [-0.1, -0.05) is 11.6 Å². The summed E-state index contributed by atoms with van der Waals surface area (Å²) < 4.78 is 18.2. The molecule has 0 saturated carbocycles. The zero-order valence-electron chi connectivity index (χ0n) is 18.8. The molecule has 0 atom stereocenters. The molecule has 3 aromatic rings. The largest absolute Gasteiger partial charge is 0.468 e. The Morgan fingerprint density at radius 3 is 2.74 bits per heavy atom. The average Bonchev–Trinajstić information content (AvgIpc) is 2.85. The second-order valence-corrected chi connectivity index (χ2v) is 8.29. The SMILES string of the molecule is COC(=O)CN1CCN(CCCNc2ncc3ncnc(Nc4ccc(F)c(Cl)c4)c3n2)CC1. The molecule has 2 N–H and O–H groups in total. The van der Waals surface area contributed by atoms with Crippen LogP contribution >= 0.6 is 11.6 Å². The monoisotopic (exact) mass is 488 g/mol. The summed E-state index contributed by atoms with van der Waals surface area (Å²) in [4.78, 5) is 33.3. The minimum Gasteiger partial charge on any atom is -0.468 e. The first kappa shape index (κ1) is 24.0. The molecule has 12 heteroatoms. The van der Waals surface area contributed by atoms with Crippen molar-refractivity contribution in [3.8, 4) is 0 Å². The van der Waals surface area contributed by atoms with Crippen LogP contribution in [0.25, 0.3) is 11.0 Å². The van der Waals surface area contributed by atoms with Crippen molar-refractivity contribution in [2.75, 3.05) is 63.6 Å². The van der Waals surface area contributed by atoms with Gasteiger partial charge >= 0.3 is 5.97 Å². The van der Waals surface area contributed by atoms with E-state index < -0.39 is 5.82 Å². The van der Waals surface area contributed by atoms with E-state index in [1.54, 1.807) is 12.3 Å². The highest BCUT2D eigenvalue weighted by Crippen LogP contribution is 2.25. The number of carbonyl (C=O) groups excluding carboxylic acids is 1. The van der Waals surface area contributed by atoms with E-state index >= 15 is 0 Å². The van der Waals surface area contributed by atoms with Gasteiger partial charge in [0.15, 0.2) is 5.82 Å². The van der Waals surface area contributed by atoms with Crippen molar-refractivity contribution in [2.45, 2.75) is 6.42 Å². The van der Waals surface area contributed by atoms with Crippen LogP contribution in [0.3, 0.4) is 0 Å². The van der Waals surface area contributed by atoms with Crippen molar-refractivity contribution in [1.82, 2.24) is 29.7 Å². The Morgan fingerprint density at radius 2 is 1.97 bits per heavy atom. The number of fused-ring (bicyclic) bond motifs is 1. The van der Waals surface area contributed by atoms with Crippen LogP contribution in [-0.2, 0) is 9.53 Å². The van der Waals surface area contributed by atoms with Gasteiger partial charge in [0.2, 0.25) is 5.95 Å². The first-order valence-electron chi connectivity index (χ1n) is 11.0. The number of anilines is 3. The fourth-order valence-corrected chi connectivity index (χ4v) is 3.84. The molecule has 180 valence electrons. The first-order chi connectivity index (χ1) is 16.5. The van der Waals surface area contributed by atoms with Crippen LogP contribution in [0, 0.1) is 5.82 Å². The molecule has 1 fully saturated rings. The van der Waals surface area contributed by atoms with Crippen LogP contribution in [0.1, 0.15) is 6.42 Å². The first-order valence-corrected chi connectivity index (χ1v) is 11.3. The summed E-state index contributed by atoms with van der Waals surface area (Å²) in [6, 6.07) is 4.35. The van der Waals surface area contributed by atoms with Crippen molar-refractivity contribution in [1.29, 1.82) is 0 Å². The van der Waals surface area contributed by atoms with Gasteiger partial charge in [0, 0.05) is 38.4 Å². The Labute approximate surface area is 201 Å². The lowest BCUT2D eigenvalue weighted by Crippen LogP contribution is -2.48. The molecule has 0 amide bonds. The zero-order valence-corrected chi connectivity index (χ0v) is 19.6. The average molecular weight is 489 g/mol. The standard InChI is InChI=1S/C22H26ClFN8O2/c1-34-19(33)13-32-9-7-31(8-10-32)6-2-5-25-22-26-12-18-20(30-22)21(28-14-27-18)29-15-3-4-17(24)16(23)11-15/h3-4,11-12,14H,2,5-10,13H2,1H3,(H,25,26,30)(H,27,28,29). The number of benzene rings is 1. The highest BCUT2D eigenvalue weighted by atomic mass is 35.5. The Morgan fingerprint density at radius 1 is 1.18 bits per heavy atom. The molecule has 4 rings (SSSR count). The number of hydrogen-bond acceptors (Lipinski definition) is 10. The number of piperazine rings is 1. The molecule has 1 aliphatic heterocycles. The number of aromatic nitrogens is 4. The van der Waals surface area contributed by atoms with E-state index in [0.717, 1.165) is 39.1 Å². The van der Waals surface area contributed by atoms with Crippen molar-refractivity contribution in [3.05, 3.63) is 41.6 Å². The molecule has 2 aromatic heterocycles. The Balaban J connectivity index is 1.30. The van der Waals surface area contributed by atoms with Crippen molar-refractivity contribution in [3.63, 3.8) is 0 Å². The number of nitrogens with zero attached hydrogens (tertiary/aromatic N) is 6. The molecule has 1 saturated heterocycles. The Kier molecular flexibility index (Phi) is 7.99. The maximum absolute atomic E-state index is 13.4. The van der Waals surface area contributed by atoms with Crippen LogP contribution in [0.5, 0.6) is 0 Å². The van der Waals surface area contributed by atoms with E-state index in [2.05, 4.69) is 40.4 Å². The third-order valence-corrected chi connectivity index (χ3v) is 5.83. The minimum absolute atomic E-state index is 0.0187. The van der Waals surface area contributed by atoms with E-state index in [1.165, 1.54) is 25.6 Å². The van der Waals surface area contributed by atoms with Crippen LogP contribution in [0.15, 0.2) is 30.7 Å². The van der Waals surface area contributed by atoms with Crippen molar-refractivity contribution in [2.24, 2.45) is 0 Å². The van der Waals surface area contributed by atoms with Gasteiger partial charge in [-0.15, -0.1) is 0 Å². The van der Waals surface area contributed by atoms with Crippen LogP contribution in [-0.4, -0.2) is 88.6 Å². The summed E-state index contributed by atoms with van der Waals surface area (Å²) in [7, 11) is 1.41. The maximum atomic E-state index is 13.4. The number of carbonyl (C=O) groups is 1. The van der Waals surface area contributed by atoms with Gasteiger partial charge in [-0.05, 0) is 31.2 Å². The van der Waals surface area contributed by atoms with E-state index in [9.17, 15) is 9.18 Å². The zero-order chi connectivity index (χ0) is 23.9. The molecule has 1 aromatic carbocycles. The number of halogens is 2. The van der Waals surface area contributed by atoms with Crippen molar-refractivity contribution >= 4 is 46.1 Å². The highest BCUT2D eigenvalue weighted by Gasteiger charge is 2.18. The second kappa shape index (κ2) is 11.3. The molecule has 3 heterocycles. The van der Waals surface area contributed by atoms with E-state index in [-0.39, 0.29) is 11.0 Å². The smallest absolute Gasteiger partial charge is 0.319 e. The lowest BCUT2D eigenvalue weighted by Gasteiger charge is -2.33. The van der Waals surface area contributed by atoms with Gasteiger partial charge in [-0.2, -0.15) is 0 Å². The topological polar surface area (TPSA) is 108 Å². The molecule has 1 aliphatic rings. The summed E-state index contributed by atoms with van der Waals surface area (Å²) >= 11 is 5.88. The summed E-state index contributed by atoms with van der Waals surface area (Å²) in [5.74, 6) is 0.267. The highest BCUT2D eigenvalue weighted by molar-refractivity contribution is 6.31. The predicted octanol–water partition coefficient (Wildman–Crippen LogP) is 2.55. The molecular weight excluding hydrogens is 463 g/mol. The van der Waals surface area contributed by atoms with Gasteiger partial charge in [0.25, 0.3) is 0 Å². The van der Waals surface area contributed by atoms with Crippen LogP contribution < -0.4 is 10.6 Å². The summed E-state index contributed by atoms with van der Waals surface area (Å²) in [5, 5.41) is 6.38. The van der Waals surface area contributed by atoms with Crippen molar-refractivity contribution < 1.29 is 13.9 Å². The maximum Gasteiger partial charge on any atom is 0.319 e.